The topological polar surface area (TPSA) is 38.5 Å². The maximum absolute atomic E-state index is 5.76. The van der Waals surface area contributed by atoms with Crippen LogP contribution in [0, 0.1) is 5.92 Å². The van der Waals surface area contributed by atoms with Crippen molar-refractivity contribution in [1.82, 2.24) is 4.90 Å². The summed E-state index contributed by atoms with van der Waals surface area (Å²) in [7, 11) is 2.16. The predicted molar refractivity (Wildman–Crippen MR) is 63.9 cm³/mol. The Labute approximate surface area is 94.0 Å². The molecule has 1 aliphatic rings. The van der Waals surface area contributed by atoms with E-state index < -0.39 is 0 Å². The highest BCUT2D eigenvalue weighted by Crippen LogP contribution is 2.25. The Bertz CT molecular complexity index is 183. The maximum atomic E-state index is 5.76. The number of hydrogen-bond acceptors (Lipinski definition) is 3. The van der Waals surface area contributed by atoms with Crippen molar-refractivity contribution in [3.63, 3.8) is 0 Å². The van der Waals surface area contributed by atoms with Crippen LogP contribution in [0.3, 0.4) is 0 Å². The van der Waals surface area contributed by atoms with E-state index in [9.17, 15) is 0 Å². The van der Waals surface area contributed by atoms with Crippen molar-refractivity contribution in [2.24, 2.45) is 11.7 Å². The quantitative estimate of drug-likeness (QED) is 0.753. The van der Waals surface area contributed by atoms with Crippen molar-refractivity contribution in [1.29, 1.82) is 0 Å². The molecule has 0 heterocycles. The molecule has 2 N–H and O–H groups in total. The van der Waals surface area contributed by atoms with Gasteiger partial charge in [-0.3, -0.25) is 0 Å². The molecule has 0 atom stereocenters. The molecule has 0 spiro atoms. The van der Waals surface area contributed by atoms with E-state index in [1.165, 1.54) is 19.4 Å². The summed E-state index contributed by atoms with van der Waals surface area (Å²) in [4.78, 5) is 2.35. The first-order valence-electron chi connectivity index (χ1n) is 5.95. The second-order valence-electron chi connectivity index (χ2n) is 5.82. The largest absolute Gasteiger partial charge is 0.375 e. The van der Waals surface area contributed by atoms with Crippen LogP contribution in [0.2, 0.25) is 0 Å². The van der Waals surface area contributed by atoms with E-state index in [-0.39, 0.29) is 5.60 Å². The van der Waals surface area contributed by atoms with E-state index in [2.05, 4.69) is 32.7 Å². The Hall–Kier alpha value is -0.120. The lowest BCUT2D eigenvalue weighted by atomic mass is 9.81. The van der Waals surface area contributed by atoms with Crippen molar-refractivity contribution >= 4 is 0 Å². The van der Waals surface area contributed by atoms with Gasteiger partial charge < -0.3 is 15.4 Å². The van der Waals surface area contributed by atoms with Gasteiger partial charge in [-0.15, -0.1) is 0 Å². The van der Waals surface area contributed by atoms with Crippen LogP contribution in [0.15, 0.2) is 0 Å². The van der Waals surface area contributed by atoms with Gasteiger partial charge in [0.15, 0.2) is 0 Å². The zero-order valence-electron chi connectivity index (χ0n) is 10.6. The lowest BCUT2D eigenvalue weighted by Crippen LogP contribution is -2.42. The van der Waals surface area contributed by atoms with Crippen LogP contribution in [0.25, 0.3) is 0 Å². The van der Waals surface area contributed by atoms with Gasteiger partial charge in [-0.2, -0.15) is 0 Å². The Balaban J connectivity index is 2.01. The van der Waals surface area contributed by atoms with Crippen LogP contribution in [0.1, 0.15) is 33.6 Å². The molecule has 0 aromatic heterocycles. The molecule has 15 heavy (non-hydrogen) atoms. The minimum Gasteiger partial charge on any atom is -0.375 e. The number of nitrogens with zero attached hydrogens (tertiary/aromatic N) is 1. The Morgan fingerprint density at radius 1 is 1.33 bits per heavy atom. The average Bonchev–Trinajstić information content (AvgIpc) is 1.98. The Kier molecular flexibility index (Phi) is 4.56. The van der Waals surface area contributed by atoms with Crippen LogP contribution >= 0.6 is 0 Å². The van der Waals surface area contributed by atoms with Gasteiger partial charge in [0, 0.05) is 19.1 Å². The lowest BCUT2D eigenvalue weighted by molar-refractivity contribution is -0.0130. The Morgan fingerprint density at radius 3 is 2.40 bits per heavy atom. The van der Waals surface area contributed by atoms with Gasteiger partial charge in [0.1, 0.15) is 0 Å². The molecule has 0 aromatic carbocycles. The zero-order valence-corrected chi connectivity index (χ0v) is 10.6. The van der Waals surface area contributed by atoms with Crippen LogP contribution in [-0.4, -0.2) is 43.3 Å². The third kappa shape index (κ3) is 5.50. The van der Waals surface area contributed by atoms with Crippen LogP contribution in [-0.2, 0) is 4.74 Å². The van der Waals surface area contributed by atoms with Gasteiger partial charge in [-0.25, -0.2) is 0 Å². The van der Waals surface area contributed by atoms with E-state index in [1.54, 1.807) is 0 Å². The minimum absolute atomic E-state index is 0.0142. The van der Waals surface area contributed by atoms with Crippen LogP contribution in [0.5, 0.6) is 0 Å². The molecule has 0 aliphatic heterocycles. The third-order valence-corrected chi connectivity index (χ3v) is 2.85. The number of likely N-dealkylation sites (N-methyl/N-ethyl adjacent to an activating group) is 1. The molecule has 0 saturated heterocycles. The molecule has 0 unspecified atom stereocenters. The van der Waals surface area contributed by atoms with Crippen molar-refractivity contribution in [2.45, 2.75) is 45.3 Å². The molecule has 1 saturated carbocycles. The van der Waals surface area contributed by atoms with Crippen molar-refractivity contribution in [3.05, 3.63) is 0 Å². The normalized spacial score (nSPS) is 26.8. The minimum atomic E-state index is -0.0142. The number of hydrogen-bond donors (Lipinski definition) is 1. The summed E-state index contributed by atoms with van der Waals surface area (Å²) >= 11 is 0. The first-order chi connectivity index (χ1) is 6.87. The number of ether oxygens (including phenoxy) is 1. The summed E-state index contributed by atoms with van der Waals surface area (Å²) in [6.07, 6.45) is 2.40. The molecule has 3 nitrogen and oxygen atoms in total. The smallest absolute Gasteiger partial charge is 0.0600 e. The molecular formula is C12H26N2O. The highest BCUT2D eigenvalue weighted by Gasteiger charge is 2.26. The summed E-state index contributed by atoms with van der Waals surface area (Å²) in [5, 5.41) is 0. The first-order valence-corrected chi connectivity index (χ1v) is 5.95. The van der Waals surface area contributed by atoms with E-state index in [0.29, 0.717) is 6.04 Å². The monoisotopic (exact) mass is 214 g/mol. The summed E-state index contributed by atoms with van der Waals surface area (Å²) in [5.74, 6) is 0.819. The molecule has 3 heteroatoms. The highest BCUT2D eigenvalue weighted by atomic mass is 16.5. The van der Waals surface area contributed by atoms with E-state index in [1.807, 2.05) is 0 Å². The van der Waals surface area contributed by atoms with Crippen LogP contribution in [0.4, 0.5) is 0 Å². The summed E-state index contributed by atoms with van der Waals surface area (Å²) in [6, 6.07) is 0.467. The standard InChI is InChI=1S/C12H26N2O/c1-12(2,3)15-6-5-14(4)9-10-7-11(13)8-10/h10-11H,5-9,13H2,1-4H3. The van der Waals surface area contributed by atoms with Crippen molar-refractivity contribution in [2.75, 3.05) is 26.7 Å². The second-order valence-corrected chi connectivity index (χ2v) is 5.82. The molecule has 0 amide bonds. The van der Waals surface area contributed by atoms with E-state index in [4.69, 9.17) is 10.5 Å². The van der Waals surface area contributed by atoms with Gasteiger partial charge in [0.25, 0.3) is 0 Å². The maximum Gasteiger partial charge on any atom is 0.0600 e. The molecule has 0 aromatic rings. The van der Waals surface area contributed by atoms with E-state index in [0.717, 1.165) is 19.1 Å². The summed E-state index contributed by atoms with van der Waals surface area (Å²) in [5.41, 5.74) is 5.74. The van der Waals surface area contributed by atoms with Crippen LogP contribution < -0.4 is 5.73 Å². The zero-order chi connectivity index (χ0) is 11.5. The summed E-state index contributed by atoms with van der Waals surface area (Å²) in [6.45, 7) is 9.29. The van der Waals surface area contributed by atoms with Gasteiger partial charge in [-0.05, 0) is 46.6 Å². The van der Waals surface area contributed by atoms with Gasteiger partial charge in [0.05, 0.1) is 12.2 Å². The van der Waals surface area contributed by atoms with Crippen molar-refractivity contribution < 1.29 is 4.74 Å². The molecule has 90 valence electrons. The fourth-order valence-electron chi connectivity index (χ4n) is 1.98. The van der Waals surface area contributed by atoms with Gasteiger partial charge >= 0.3 is 0 Å². The predicted octanol–water partition coefficient (Wildman–Crippen LogP) is 1.47. The molecule has 0 bridgehead atoms. The average molecular weight is 214 g/mol. The van der Waals surface area contributed by atoms with Crippen molar-refractivity contribution in [3.8, 4) is 0 Å². The third-order valence-electron chi connectivity index (χ3n) is 2.85. The lowest BCUT2D eigenvalue weighted by Gasteiger charge is -2.35. The highest BCUT2D eigenvalue weighted by molar-refractivity contribution is 4.83. The second kappa shape index (κ2) is 5.28. The molecule has 1 aliphatic carbocycles. The summed E-state index contributed by atoms with van der Waals surface area (Å²) < 4.78 is 5.69. The molecular weight excluding hydrogens is 188 g/mol. The SMILES string of the molecule is CN(CCOC(C)(C)C)CC1CC(N)C1. The fraction of sp³-hybridized carbons (Fsp3) is 1.00. The molecule has 1 rings (SSSR count). The van der Waals surface area contributed by atoms with E-state index >= 15 is 0 Å². The number of nitrogens with two attached hydrogens (primary N) is 1. The Morgan fingerprint density at radius 2 is 1.93 bits per heavy atom. The van der Waals surface area contributed by atoms with Gasteiger partial charge in [0.2, 0.25) is 0 Å². The molecule has 1 fully saturated rings. The number of rotatable bonds is 5. The first kappa shape index (κ1) is 12.9. The van der Waals surface area contributed by atoms with Gasteiger partial charge in [-0.1, -0.05) is 0 Å². The fourth-order valence-corrected chi connectivity index (χ4v) is 1.98. The molecule has 0 radical (unpaired) electrons.